The Labute approximate surface area is 128 Å². The first-order valence-electron chi connectivity index (χ1n) is 6.74. The molecule has 0 fully saturated rings. The van der Waals surface area contributed by atoms with Gasteiger partial charge in [-0.3, -0.25) is 0 Å². The average molecular weight is 305 g/mol. The van der Waals surface area contributed by atoms with Crippen LogP contribution in [0.15, 0.2) is 35.7 Å². The van der Waals surface area contributed by atoms with E-state index < -0.39 is 5.97 Å². The number of ether oxygens (including phenoxy) is 1. The van der Waals surface area contributed by atoms with Gasteiger partial charge in [-0.05, 0) is 29.5 Å². The van der Waals surface area contributed by atoms with Crippen LogP contribution in [0.25, 0.3) is 0 Å². The monoisotopic (exact) mass is 305 g/mol. The van der Waals surface area contributed by atoms with Crippen molar-refractivity contribution in [3.8, 4) is 5.75 Å². The summed E-state index contributed by atoms with van der Waals surface area (Å²) in [6, 6.07) is 9.07. The van der Waals surface area contributed by atoms with Crippen LogP contribution in [0.1, 0.15) is 35.1 Å². The van der Waals surface area contributed by atoms with Gasteiger partial charge in [-0.1, -0.05) is 19.9 Å². The third-order valence-corrected chi connectivity index (χ3v) is 4.24. The summed E-state index contributed by atoms with van der Waals surface area (Å²) in [5.74, 6) is 0.0153. The molecule has 0 saturated carbocycles. The molecule has 0 amide bonds. The summed E-state index contributed by atoms with van der Waals surface area (Å²) in [5.41, 5.74) is 0.826. The quantitative estimate of drug-likeness (QED) is 0.837. The van der Waals surface area contributed by atoms with Gasteiger partial charge in [-0.2, -0.15) is 0 Å². The lowest BCUT2D eigenvalue weighted by Crippen LogP contribution is -2.17. The zero-order chi connectivity index (χ0) is 15.4. The number of anilines is 1. The Hall–Kier alpha value is -2.01. The van der Waals surface area contributed by atoms with Gasteiger partial charge in [-0.25, -0.2) is 4.79 Å². The largest absolute Gasteiger partial charge is 0.497 e. The molecule has 1 atom stereocenters. The minimum Gasteiger partial charge on any atom is -0.497 e. The van der Waals surface area contributed by atoms with Crippen molar-refractivity contribution in [3.05, 3.63) is 46.2 Å². The Morgan fingerprint density at radius 3 is 2.62 bits per heavy atom. The van der Waals surface area contributed by atoms with Gasteiger partial charge in [-0.15, -0.1) is 11.3 Å². The predicted molar refractivity (Wildman–Crippen MR) is 85.5 cm³/mol. The molecule has 1 heterocycles. The topological polar surface area (TPSA) is 58.6 Å². The van der Waals surface area contributed by atoms with Gasteiger partial charge in [0.2, 0.25) is 0 Å². The number of rotatable bonds is 6. The second-order valence-corrected chi connectivity index (χ2v) is 6.08. The minimum atomic E-state index is -0.950. The number of carboxylic acid groups (broad SMARTS) is 1. The fourth-order valence-electron chi connectivity index (χ4n) is 2.16. The number of carbonyl (C=O) groups is 1. The molecule has 1 aromatic heterocycles. The maximum atomic E-state index is 11.4. The standard InChI is InChI=1S/C16H19NO3S/c1-10(2)15(14-5-4-8-21-14)17-13-9-11(20-3)6-7-12(13)16(18)19/h4-10,15,17H,1-3H3,(H,18,19). The van der Waals surface area contributed by atoms with Crippen molar-refractivity contribution in [2.45, 2.75) is 19.9 Å². The van der Waals surface area contributed by atoms with E-state index in [4.69, 9.17) is 4.74 Å². The fourth-order valence-corrected chi connectivity index (χ4v) is 3.11. The lowest BCUT2D eigenvalue weighted by molar-refractivity contribution is 0.0698. The van der Waals surface area contributed by atoms with Gasteiger partial charge in [0.15, 0.2) is 0 Å². The Balaban J connectivity index is 2.37. The molecule has 2 N–H and O–H groups in total. The van der Waals surface area contributed by atoms with Crippen molar-refractivity contribution in [1.82, 2.24) is 0 Å². The third kappa shape index (κ3) is 3.55. The van der Waals surface area contributed by atoms with Crippen LogP contribution >= 0.6 is 11.3 Å². The maximum absolute atomic E-state index is 11.4. The molecule has 0 aliphatic carbocycles. The van der Waals surface area contributed by atoms with Gasteiger partial charge >= 0.3 is 5.97 Å². The number of thiophene rings is 1. The van der Waals surface area contributed by atoms with Gasteiger partial charge in [0.05, 0.1) is 24.4 Å². The highest BCUT2D eigenvalue weighted by Gasteiger charge is 2.20. The van der Waals surface area contributed by atoms with E-state index in [9.17, 15) is 9.90 Å². The molecule has 1 aromatic carbocycles. The number of hydrogen-bond donors (Lipinski definition) is 2. The smallest absolute Gasteiger partial charge is 0.337 e. The van der Waals surface area contributed by atoms with Crippen molar-refractivity contribution in [3.63, 3.8) is 0 Å². The molecule has 0 aliphatic heterocycles. The van der Waals surface area contributed by atoms with Crippen LogP contribution in [0, 0.1) is 5.92 Å². The highest BCUT2D eigenvalue weighted by Crippen LogP contribution is 2.32. The minimum absolute atomic E-state index is 0.0650. The van der Waals surface area contributed by atoms with Crippen molar-refractivity contribution in [1.29, 1.82) is 0 Å². The molecular formula is C16H19NO3S. The number of benzene rings is 1. The fraction of sp³-hybridized carbons (Fsp3) is 0.312. The number of nitrogens with one attached hydrogen (secondary N) is 1. The van der Waals surface area contributed by atoms with Gasteiger partial charge < -0.3 is 15.2 Å². The second kappa shape index (κ2) is 6.63. The SMILES string of the molecule is COc1ccc(C(=O)O)c(NC(c2cccs2)C(C)C)c1. The summed E-state index contributed by atoms with van der Waals surface area (Å²) in [6.45, 7) is 4.22. The van der Waals surface area contributed by atoms with E-state index in [1.165, 1.54) is 4.88 Å². The molecule has 0 aliphatic rings. The first-order chi connectivity index (χ1) is 10.0. The second-order valence-electron chi connectivity index (χ2n) is 5.10. The van der Waals surface area contributed by atoms with Crippen LogP contribution in [0.2, 0.25) is 0 Å². The first kappa shape index (κ1) is 15.4. The summed E-state index contributed by atoms with van der Waals surface area (Å²) in [6.07, 6.45) is 0. The molecule has 0 bridgehead atoms. The number of methoxy groups -OCH3 is 1. The molecule has 21 heavy (non-hydrogen) atoms. The van der Waals surface area contributed by atoms with Gasteiger partial charge in [0, 0.05) is 10.9 Å². The summed E-state index contributed by atoms with van der Waals surface area (Å²) < 4.78 is 5.19. The number of aromatic carboxylic acids is 1. The third-order valence-electron chi connectivity index (χ3n) is 3.28. The van der Waals surface area contributed by atoms with Crippen LogP contribution in [-0.2, 0) is 0 Å². The molecule has 2 aromatic rings. The molecule has 112 valence electrons. The highest BCUT2D eigenvalue weighted by atomic mass is 32.1. The van der Waals surface area contributed by atoms with Crippen LogP contribution in [0.5, 0.6) is 5.75 Å². The van der Waals surface area contributed by atoms with Gasteiger partial charge in [0.1, 0.15) is 5.75 Å². The van der Waals surface area contributed by atoms with E-state index in [2.05, 4.69) is 25.2 Å². The molecule has 0 saturated heterocycles. The lowest BCUT2D eigenvalue weighted by atomic mass is 10.0. The van der Waals surface area contributed by atoms with E-state index in [-0.39, 0.29) is 11.6 Å². The summed E-state index contributed by atoms with van der Waals surface area (Å²) in [7, 11) is 1.57. The Morgan fingerprint density at radius 1 is 1.33 bits per heavy atom. The Bertz CT molecular complexity index is 608. The van der Waals surface area contributed by atoms with Gasteiger partial charge in [0.25, 0.3) is 0 Å². The maximum Gasteiger partial charge on any atom is 0.337 e. The Kier molecular flexibility index (Phi) is 4.85. The van der Waals surface area contributed by atoms with Crippen LogP contribution < -0.4 is 10.1 Å². The molecule has 2 rings (SSSR count). The van der Waals surface area contributed by atoms with E-state index in [1.807, 2.05) is 11.4 Å². The van der Waals surface area contributed by atoms with E-state index in [0.29, 0.717) is 17.4 Å². The van der Waals surface area contributed by atoms with Crippen molar-refractivity contribution in [2.75, 3.05) is 12.4 Å². The number of carboxylic acids is 1. The van der Waals surface area contributed by atoms with E-state index in [0.717, 1.165) is 0 Å². The zero-order valence-corrected chi connectivity index (χ0v) is 13.1. The van der Waals surface area contributed by atoms with Crippen molar-refractivity contribution in [2.24, 2.45) is 5.92 Å². The normalized spacial score (nSPS) is 12.2. The van der Waals surface area contributed by atoms with Crippen molar-refractivity contribution >= 4 is 23.0 Å². The first-order valence-corrected chi connectivity index (χ1v) is 7.62. The van der Waals surface area contributed by atoms with E-state index in [1.54, 1.807) is 36.6 Å². The zero-order valence-electron chi connectivity index (χ0n) is 12.3. The molecular weight excluding hydrogens is 286 g/mol. The summed E-state index contributed by atoms with van der Waals surface area (Å²) in [5, 5.41) is 14.7. The molecule has 4 nitrogen and oxygen atoms in total. The Morgan fingerprint density at radius 2 is 2.10 bits per heavy atom. The average Bonchev–Trinajstić information content (AvgIpc) is 2.97. The number of hydrogen-bond acceptors (Lipinski definition) is 4. The lowest BCUT2D eigenvalue weighted by Gasteiger charge is -2.23. The highest BCUT2D eigenvalue weighted by molar-refractivity contribution is 7.10. The van der Waals surface area contributed by atoms with E-state index >= 15 is 0 Å². The van der Waals surface area contributed by atoms with Crippen LogP contribution in [-0.4, -0.2) is 18.2 Å². The molecule has 0 spiro atoms. The summed E-state index contributed by atoms with van der Waals surface area (Å²) in [4.78, 5) is 12.6. The molecule has 5 heteroatoms. The van der Waals surface area contributed by atoms with Crippen LogP contribution in [0.3, 0.4) is 0 Å². The molecule has 0 radical (unpaired) electrons. The molecule has 1 unspecified atom stereocenters. The predicted octanol–water partition coefficient (Wildman–Crippen LogP) is 4.26. The summed E-state index contributed by atoms with van der Waals surface area (Å²) >= 11 is 1.66. The van der Waals surface area contributed by atoms with Crippen LogP contribution in [0.4, 0.5) is 5.69 Å². The van der Waals surface area contributed by atoms with Crippen molar-refractivity contribution < 1.29 is 14.6 Å².